The number of fused-ring (bicyclic) bond motifs is 1. The molecule has 9 nitrogen and oxygen atoms in total. The highest BCUT2D eigenvalue weighted by Crippen LogP contribution is 2.35. The summed E-state index contributed by atoms with van der Waals surface area (Å²) in [7, 11) is 1.48. The maximum Gasteiger partial charge on any atom is 0.316 e. The van der Waals surface area contributed by atoms with Crippen molar-refractivity contribution in [3.63, 3.8) is 0 Å². The first kappa shape index (κ1) is 28.3. The van der Waals surface area contributed by atoms with Gasteiger partial charge in [0, 0.05) is 51.2 Å². The second-order valence-corrected chi connectivity index (χ2v) is 11.3. The molecule has 0 spiro atoms. The minimum Gasteiger partial charge on any atom is -0.488 e. The number of ether oxygens (including phenoxy) is 3. The molecule has 220 valence electrons. The fraction of sp³-hybridized carbons (Fsp3) is 0.424. The van der Waals surface area contributed by atoms with E-state index in [2.05, 4.69) is 29.1 Å². The second kappa shape index (κ2) is 12.2. The van der Waals surface area contributed by atoms with Crippen LogP contribution in [0.25, 0.3) is 11.3 Å². The summed E-state index contributed by atoms with van der Waals surface area (Å²) in [5.41, 5.74) is 7.87. The largest absolute Gasteiger partial charge is 0.488 e. The normalized spacial score (nSPS) is 21.0. The lowest BCUT2D eigenvalue weighted by Gasteiger charge is -2.37. The van der Waals surface area contributed by atoms with Gasteiger partial charge in [0.15, 0.2) is 12.0 Å². The van der Waals surface area contributed by atoms with Crippen molar-refractivity contribution >= 4 is 18.0 Å². The van der Waals surface area contributed by atoms with Crippen molar-refractivity contribution in [1.29, 1.82) is 0 Å². The van der Waals surface area contributed by atoms with E-state index in [-0.39, 0.29) is 0 Å². The number of benzene rings is 2. The summed E-state index contributed by atoms with van der Waals surface area (Å²) in [4.78, 5) is 19.1. The number of para-hydroxylation sites is 1. The van der Waals surface area contributed by atoms with Gasteiger partial charge in [-0.1, -0.05) is 30.3 Å². The Morgan fingerprint density at radius 3 is 2.67 bits per heavy atom. The topological polar surface area (TPSA) is 96.7 Å². The molecule has 2 unspecified atom stereocenters. The number of nitrogens with zero attached hydrogens (tertiary/aromatic N) is 4. The van der Waals surface area contributed by atoms with Crippen molar-refractivity contribution < 1.29 is 24.1 Å². The monoisotopic (exact) mass is 570 g/mol. The predicted octanol–water partition coefficient (Wildman–Crippen LogP) is 4.96. The Labute approximate surface area is 246 Å². The molecule has 6 rings (SSSR count). The zero-order valence-corrected chi connectivity index (χ0v) is 24.5. The van der Waals surface area contributed by atoms with E-state index in [1.807, 2.05) is 37.3 Å². The Hall–Kier alpha value is -3.79. The summed E-state index contributed by atoms with van der Waals surface area (Å²) in [5, 5.41) is 15.3. The van der Waals surface area contributed by atoms with Crippen molar-refractivity contribution in [2.24, 2.45) is 11.0 Å². The van der Waals surface area contributed by atoms with Gasteiger partial charge in [0.25, 0.3) is 0 Å². The number of aryl methyl sites for hydroxylation is 2. The summed E-state index contributed by atoms with van der Waals surface area (Å²) in [5.74, 6) is -0.579. The Balaban J connectivity index is 1.21. The number of hydrazone groups is 1. The van der Waals surface area contributed by atoms with Crippen LogP contribution in [0.1, 0.15) is 40.7 Å². The van der Waals surface area contributed by atoms with Crippen LogP contribution in [0.15, 0.2) is 53.6 Å². The van der Waals surface area contributed by atoms with Crippen molar-refractivity contribution in [2.45, 2.75) is 58.5 Å². The quantitative estimate of drug-likeness (QED) is 0.406. The molecular weight excluding hydrogens is 532 g/mol. The van der Waals surface area contributed by atoms with Crippen LogP contribution in [0.2, 0.25) is 0 Å². The lowest BCUT2D eigenvalue weighted by molar-refractivity contribution is -0.142. The van der Waals surface area contributed by atoms with E-state index < -0.39 is 18.1 Å². The van der Waals surface area contributed by atoms with Crippen LogP contribution in [0.3, 0.4) is 0 Å². The highest BCUT2D eigenvalue weighted by atomic mass is 16.5. The first-order valence-corrected chi connectivity index (χ1v) is 14.6. The number of anilines is 1. The lowest BCUT2D eigenvalue weighted by atomic mass is 9.92. The molecule has 42 heavy (non-hydrogen) atoms. The van der Waals surface area contributed by atoms with Gasteiger partial charge in [-0.25, -0.2) is 9.99 Å². The third kappa shape index (κ3) is 5.64. The van der Waals surface area contributed by atoms with Gasteiger partial charge in [-0.3, -0.25) is 9.69 Å². The Bertz CT molecular complexity index is 1490. The van der Waals surface area contributed by atoms with E-state index in [0.29, 0.717) is 24.2 Å². The van der Waals surface area contributed by atoms with Crippen LogP contribution in [0.5, 0.6) is 5.75 Å². The van der Waals surface area contributed by atoms with E-state index in [1.165, 1.54) is 40.6 Å². The lowest BCUT2D eigenvalue weighted by Crippen LogP contribution is -2.42. The molecule has 1 N–H and O–H groups in total. The van der Waals surface area contributed by atoms with Gasteiger partial charge in [0.1, 0.15) is 18.3 Å². The molecule has 0 radical (unpaired) electrons. The van der Waals surface area contributed by atoms with Gasteiger partial charge in [-0.15, -0.1) is 0 Å². The molecule has 9 heteroatoms. The average molecular weight is 571 g/mol. The zero-order chi connectivity index (χ0) is 29.2. The molecule has 3 aromatic rings. The van der Waals surface area contributed by atoms with Crippen LogP contribution in [0, 0.1) is 19.8 Å². The molecule has 2 atom stereocenters. The summed E-state index contributed by atoms with van der Waals surface area (Å²) in [6.07, 6.45) is 3.91. The standard InChI is InChI=1S/C33H38N4O5/c1-21-6-4-7-27(29-8-5-9-30(35-29)37-32(40-3)28(18-34-37)33(38)39)31(21)42-20-25-17-23-10-13-36(19-24(23)16-22(25)2)26-11-14-41-15-12-26/h4-9,16-18,26,28,32H,10-15,19-20H2,1-3H3,(H,38,39). The first-order chi connectivity index (χ1) is 20.4. The van der Waals surface area contributed by atoms with E-state index >= 15 is 0 Å². The summed E-state index contributed by atoms with van der Waals surface area (Å²) >= 11 is 0. The number of carboxylic acid groups (broad SMARTS) is 1. The zero-order valence-electron chi connectivity index (χ0n) is 24.5. The first-order valence-electron chi connectivity index (χ1n) is 14.6. The van der Waals surface area contributed by atoms with Crippen molar-refractivity contribution in [1.82, 2.24) is 9.88 Å². The highest BCUT2D eigenvalue weighted by molar-refractivity contribution is 5.92. The molecular formula is C33H38N4O5. The van der Waals surface area contributed by atoms with Gasteiger partial charge in [-0.2, -0.15) is 5.10 Å². The molecule has 1 saturated heterocycles. The molecule has 0 bridgehead atoms. The van der Waals surface area contributed by atoms with Crippen LogP contribution in [0.4, 0.5) is 5.82 Å². The molecule has 3 aliphatic rings. The number of hydrogen-bond acceptors (Lipinski definition) is 8. The molecule has 0 saturated carbocycles. The minimum absolute atomic E-state index is 0.461. The van der Waals surface area contributed by atoms with Gasteiger partial charge in [0.2, 0.25) is 0 Å². The van der Waals surface area contributed by atoms with Crippen LogP contribution < -0.4 is 9.75 Å². The van der Waals surface area contributed by atoms with E-state index in [4.69, 9.17) is 19.2 Å². The number of aromatic nitrogens is 1. The fourth-order valence-electron chi connectivity index (χ4n) is 6.28. The van der Waals surface area contributed by atoms with E-state index in [1.54, 1.807) is 6.07 Å². The maximum atomic E-state index is 11.6. The SMILES string of the molecule is COC1C(C(=O)O)C=NN1c1cccc(-c2cccc(C)c2OCc2cc3c(cc2C)CN(C2CCOCC2)CC3)n1. The third-order valence-electron chi connectivity index (χ3n) is 8.66. The van der Waals surface area contributed by atoms with E-state index in [0.717, 1.165) is 62.4 Å². The average Bonchev–Trinajstić information content (AvgIpc) is 3.45. The molecule has 1 aromatic heterocycles. The molecule has 0 amide bonds. The Morgan fingerprint density at radius 1 is 1.07 bits per heavy atom. The Morgan fingerprint density at radius 2 is 1.88 bits per heavy atom. The van der Waals surface area contributed by atoms with Crippen molar-refractivity contribution in [2.75, 3.05) is 31.9 Å². The number of aliphatic carboxylic acids is 1. The summed E-state index contributed by atoms with van der Waals surface area (Å²) in [6.45, 7) is 8.50. The number of carboxylic acids is 1. The Kier molecular flexibility index (Phi) is 8.24. The van der Waals surface area contributed by atoms with Gasteiger partial charge in [0.05, 0.1) is 5.69 Å². The van der Waals surface area contributed by atoms with Gasteiger partial charge >= 0.3 is 5.97 Å². The summed E-state index contributed by atoms with van der Waals surface area (Å²) in [6, 6.07) is 16.9. The van der Waals surface area contributed by atoms with Crippen LogP contribution in [-0.2, 0) is 33.8 Å². The van der Waals surface area contributed by atoms with Gasteiger partial charge < -0.3 is 19.3 Å². The molecule has 4 heterocycles. The minimum atomic E-state index is -0.993. The fourth-order valence-corrected chi connectivity index (χ4v) is 6.28. The second-order valence-electron chi connectivity index (χ2n) is 11.3. The molecule has 3 aliphatic heterocycles. The number of rotatable bonds is 8. The number of hydrogen-bond donors (Lipinski definition) is 1. The summed E-state index contributed by atoms with van der Waals surface area (Å²) < 4.78 is 17.6. The smallest absolute Gasteiger partial charge is 0.316 e. The predicted molar refractivity (Wildman–Crippen MR) is 161 cm³/mol. The van der Waals surface area contributed by atoms with Gasteiger partial charge in [-0.05, 0) is 79.1 Å². The third-order valence-corrected chi connectivity index (χ3v) is 8.66. The molecule has 2 aromatic carbocycles. The van der Waals surface area contributed by atoms with Crippen molar-refractivity contribution in [3.8, 4) is 17.0 Å². The molecule has 0 aliphatic carbocycles. The van der Waals surface area contributed by atoms with Crippen molar-refractivity contribution in [3.05, 3.63) is 76.3 Å². The van der Waals surface area contributed by atoms with Crippen LogP contribution in [-0.4, -0.2) is 66.3 Å². The van der Waals surface area contributed by atoms with E-state index in [9.17, 15) is 9.90 Å². The highest BCUT2D eigenvalue weighted by Gasteiger charge is 2.38. The van der Waals surface area contributed by atoms with Crippen LogP contribution >= 0.6 is 0 Å². The number of carbonyl (C=O) groups is 1. The number of methoxy groups -OCH3 is 1. The number of pyridine rings is 1. The maximum absolute atomic E-state index is 11.6. The molecule has 1 fully saturated rings.